The molecule has 0 spiro atoms. The summed E-state index contributed by atoms with van der Waals surface area (Å²) in [6.45, 7) is 4.22. The molecule has 0 bridgehead atoms. The van der Waals surface area contributed by atoms with Crippen molar-refractivity contribution in [3.05, 3.63) is 35.1 Å². The van der Waals surface area contributed by atoms with Crippen molar-refractivity contribution in [1.82, 2.24) is 20.3 Å². The van der Waals surface area contributed by atoms with Crippen molar-refractivity contribution in [2.24, 2.45) is 0 Å². The van der Waals surface area contributed by atoms with Gasteiger partial charge in [-0.05, 0) is 45.0 Å². The predicted octanol–water partition coefficient (Wildman–Crippen LogP) is 2.51. The van der Waals surface area contributed by atoms with Crippen molar-refractivity contribution in [2.45, 2.75) is 25.8 Å². The summed E-state index contributed by atoms with van der Waals surface area (Å²) >= 11 is 6.13. The van der Waals surface area contributed by atoms with Crippen molar-refractivity contribution >= 4 is 23.2 Å². The smallest absolute Gasteiger partial charge is 0.277 e. The summed E-state index contributed by atoms with van der Waals surface area (Å²) in [5.41, 5.74) is 0.793. The highest BCUT2D eigenvalue weighted by molar-refractivity contribution is 6.32. The molecule has 3 rings (SSSR count). The molecule has 1 aromatic heterocycles. The van der Waals surface area contributed by atoms with Gasteiger partial charge < -0.3 is 15.4 Å². The molecule has 1 aliphatic rings. The van der Waals surface area contributed by atoms with E-state index >= 15 is 0 Å². The van der Waals surface area contributed by atoms with Crippen LogP contribution in [0.15, 0.2) is 24.4 Å². The number of carbonyl (C=O) groups is 1. The number of nitrogens with one attached hydrogen (secondary N) is 2. The second kappa shape index (κ2) is 7.63. The highest BCUT2D eigenvalue weighted by Gasteiger charge is 2.20. The molecule has 1 fully saturated rings. The van der Waals surface area contributed by atoms with E-state index in [0.717, 1.165) is 25.9 Å². The van der Waals surface area contributed by atoms with Crippen LogP contribution in [0.25, 0.3) is 0 Å². The number of carbonyl (C=O) groups excluding carboxylic acids is 1. The van der Waals surface area contributed by atoms with E-state index < -0.39 is 0 Å². The Morgan fingerprint density at radius 2 is 2.25 bits per heavy atom. The Balaban J connectivity index is 1.74. The van der Waals surface area contributed by atoms with Gasteiger partial charge in [0.1, 0.15) is 0 Å². The Labute approximate surface area is 145 Å². The SMILES string of the molecule is CCOc1c(Cl)cccc1NC(=O)c1cn(C2CCNCC2)nn1. The molecule has 1 amide bonds. The standard InChI is InChI=1S/C16H20ClN5O2/c1-2-24-15-12(17)4-3-5-13(15)19-16(23)14-10-22(21-20-14)11-6-8-18-9-7-11/h3-5,10-11,18H,2,6-9H2,1H3,(H,19,23). The molecule has 2 aromatic rings. The van der Waals surface area contributed by atoms with Gasteiger partial charge in [0.15, 0.2) is 11.4 Å². The zero-order valence-corrected chi connectivity index (χ0v) is 14.2. The van der Waals surface area contributed by atoms with Crippen LogP contribution < -0.4 is 15.4 Å². The monoisotopic (exact) mass is 349 g/mol. The van der Waals surface area contributed by atoms with E-state index in [1.54, 1.807) is 29.1 Å². The van der Waals surface area contributed by atoms with Crippen LogP contribution >= 0.6 is 11.6 Å². The molecule has 1 aromatic carbocycles. The van der Waals surface area contributed by atoms with E-state index in [1.807, 2.05) is 6.92 Å². The Hall–Kier alpha value is -2.12. The number of hydrogen-bond acceptors (Lipinski definition) is 5. The summed E-state index contributed by atoms with van der Waals surface area (Å²) in [6, 6.07) is 5.50. The van der Waals surface area contributed by atoms with Crippen molar-refractivity contribution in [1.29, 1.82) is 0 Å². The van der Waals surface area contributed by atoms with Gasteiger partial charge in [-0.15, -0.1) is 5.10 Å². The number of nitrogens with zero attached hydrogens (tertiary/aromatic N) is 3. The fourth-order valence-corrected chi connectivity index (χ4v) is 2.94. The highest BCUT2D eigenvalue weighted by Crippen LogP contribution is 2.33. The quantitative estimate of drug-likeness (QED) is 0.866. The molecule has 1 aliphatic heterocycles. The lowest BCUT2D eigenvalue weighted by molar-refractivity contribution is 0.102. The van der Waals surface area contributed by atoms with Crippen LogP contribution in [0.4, 0.5) is 5.69 Å². The number of anilines is 1. The first-order valence-corrected chi connectivity index (χ1v) is 8.42. The van der Waals surface area contributed by atoms with E-state index in [9.17, 15) is 4.79 Å². The maximum atomic E-state index is 12.4. The Morgan fingerprint density at radius 3 is 3.00 bits per heavy atom. The zero-order chi connectivity index (χ0) is 16.9. The first-order valence-electron chi connectivity index (χ1n) is 8.04. The molecule has 24 heavy (non-hydrogen) atoms. The molecular weight excluding hydrogens is 330 g/mol. The molecule has 0 aliphatic carbocycles. The molecular formula is C16H20ClN5O2. The lowest BCUT2D eigenvalue weighted by Crippen LogP contribution is -2.29. The number of rotatable bonds is 5. The van der Waals surface area contributed by atoms with Crippen LogP contribution in [0.3, 0.4) is 0 Å². The lowest BCUT2D eigenvalue weighted by atomic mass is 10.1. The maximum Gasteiger partial charge on any atom is 0.277 e. The number of benzene rings is 1. The Bertz CT molecular complexity index is 712. The van der Waals surface area contributed by atoms with Gasteiger partial charge in [-0.2, -0.15) is 0 Å². The summed E-state index contributed by atoms with van der Waals surface area (Å²) in [7, 11) is 0. The topological polar surface area (TPSA) is 81.1 Å². The molecule has 0 atom stereocenters. The van der Waals surface area contributed by atoms with Crippen molar-refractivity contribution < 1.29 is 9.53 Å². The van der Waals surface area contributed by atoms with Gasteiger partial charge in [-0.3, -0.25) is 4.79 Å². The van der Waals surface area contributed by atoms with Gasteiger partial charge in [0.2, 0.25) is 0 Å². The normalized spacial score (nSPS) is 15.2. The van der Waals surface area contributed by atoms with E-state index in [4.69, 9.17) is 16.3 Å². The van der Waals surface area contributed by atoms with Crippen molar-refractivity contribution in [3.8, 4) is 5.75 Å². The molecule has 0 unspecified atom stereocenters. The third-order valence-electron chi connectivity index (χ3n) is 3.93. The van der Waals surface area contributed by atoms with E-state index in [2.05, 4.69) is 20.9 Å². The summed E-state index contributed by atoms with van der Waals surface area (Å²) in [5, 5.41) is 14.6. The number of amides is 1. The van der Waals surface area contributed by atoms with Crippen LogP contribution in [0.2, 0.25) is 5.02 Å². The number of piperidine rings is 1. The molecule has 0 radical (unpaired) electrons. The third-order valence-corrected chi connectivity index (χ3v) is 4.23. The first kappa shape index (κ1) is 16.7. The van der Waals surface area contributed by atoms with E-state index in [1.165, 1.54) is 0 Å². The van der Waals surface area contributed by atoms with Crippen LogP contribution in [-0.2, 0) is 0 Å². The second-order valence-corrected chi connectivity index (χ2v) is 5.98. The van der Waals surface area contributed by atoms with Crippen LogP contribution in [0.5, 0.6) is 5.75 Å². The van der Waals surface area contributed by atoms with E-state index in [0.29, 0.717) is 23.1 Å². The van der Waals surface area contributed by atoms with Crippen LogP contribution in [0.1, 0.15) is 36.3 Å². The van der Waals surface area contributed by atoms with Crippen molar-refractivity contribution in [2.75, 3.05) is 25.0 Å². The molecule has 7 nitrogen and oxygen atoms in total. The zero-order valence-electron chi connectivity index (χ0n) is 13.5. The summed E-state index contributed by atoms with van der Waals surface area (Å²) in [5.74, 6) is 0.124. The van der Waals surface area contributed by atoms with Gasteiger partial charge in [0.25, 0.3) is 5.91 Å². The Kier molecular flexibility index (Phi) is 5.32. The highest BCUT2D eigenvalue weighted by atomic mass is 35.5. The minimum atomic E-state index is -0.335. The van der Waals surface area contributed by atoms with Crippen molar-refractivity contribution in [3.63, 3.8) is 0 Å². The summed E-state index contributed by atoms with van der Waals surface area (Å²) < 4.78 is 7.29. The van der Waals surface area contributed by atoms with Gasteiger partial charge >= 0.3 is 0 Å². The molecule has 0 saturated carbocycles. The van der Waals surface area contributed by atoms with Gasteiger partial charge in [0, 0.05) is 0 Å². The number of para-hydroxylation sites is 1. The van der Waals surface area contributed by atoms with E-state index in [-0.39, 0.29) is 17.6 Å². The summed E-state index contributed by atoms with van der Waals surface area (Å²) in [6.07, 6.45) is 3.65. The fourth-order valence-electron chi connectivity index (χ4n) is 2.72. The number of halogens is 1. The van der Waals surface area contributed by atoms with Crippen LogP contribution in [0, 0.1) is 0 Å². The molecule has 128 valence electrons. The summed E-state index contributed by atoms with van der Waals surface area (Å²) in [4.78, 5) is 12.4. The Morgan fingerprint density at radius 1 is 1.46 bits per heavy atom. The molecule has 2 N–H and O–H groups in total. The third kappa shape index (κ3) is 3.68. The van der Waals surface area contributed by atoms with Gasteiger partial charge in [-0.1, -0.05) is 22.9 Å². The molecule has 2 heterocycles. The maximum absolute atomic E-state index is 12.4. The predicted molar refractivity (Wildman–Crippen MR) is 91.7 cm³/mol. The number of ether oxygens (including phenoxy) is 1. The lowest BCUT2D eigenvalue weighted by Gasteiger charge is -2.22. The average molecular weight is 350 g/mol. The van der Waals surface area contributed by atoms with Crippen LogP contribution in [-0.4, -0.2) is 40.6 Å². The average Bonchev–Trinajstić information content (AvgIpc) is 3.09. The largest absolute Gasteiger partial charge is 0.490 e. The number of hydrogen-bond donors (Lipinski definition) is 2. The second-order valence-electron chi connectivity index (χ2n) is 5.57. The fraction of sp³-hybridized carbons (Fsp3) is 0.438. The van der Waals surface area contributed by atoms with Gasteiger partial charge in [0.05, 0.1) is 29.6 Å². The molecule has 8 heteroatoms. The van der Waals surface area contributed by atoms with Gasteiger partial charge in [-0.25, -0.2) is 4.68 Å². The minimum absolute atomic E-state index is 0.274. The minimum Gasteiger partial charge on any atom is -0.490 e. The first-order chi connectivity index (χ1) is 11.7. The number of aromatic nitrogens is 3. The molecule has 1 saturated heterocycles.